The molecule has 7 heteroatoms. The SMILES string of the molecule is Cc1cccc(N2C[C@@H](c3cc(=O)[nH]c(NCc4ccccc4Cl)n3)CC2=O)c1C. The first kappa shape index (κ1) is 20.2. The molecule has 3 aromatic rings. The first-order valence-corrected chi connectivity index (χ1v) is 10.3. The average molecular weight is 423 g/mol. The van der Waals surface area contributed by atoms with Gasteiger partial charge in [-0.25, -0.2) is 4.98 Å². The van der Waals surface area contributed by atoms with E-state index in [1.807, 2.05) is 56.3 Å². The number of aryl methyl sites for hydroxylation is 1. The predicted octanol–water partition coefficient (Wildman–Crippen LogP) is 4.17. The van der Waals surface area contributed by atoms with E-state index in [1.54, 1.807) is 4.90 Å². The van der Waals surface area contributed by atoms with Gasteiger partial charge in [0.15, 0.2) is 0 Å². The van der Waals surface area contributed by atoms with E-state index in [0.29, 0.717) is 36.2 Å². The van der Waals surface area contributed by atoms with E-state index in [1.165, 1.54) is 6.07 Å². The van der Waals surface area contributed by atoms with Gasteiger partial charge in [-0.3, -0.25) is 14.6 Å². The Bertz CT molecular complexity index is 1160. The number of halogens is 1. The fourth-order valence-corrected chi connectivity index (χ4v) is 3.96. The molecule has 2 N–H and O–H groups in total. The number of carbonyl (C=O) groups excluding carboxylic acids is 1. The Morgan fingerprint density at radius 3 is 2.77 bits per heavy atom. The molecule has 0 aliphatic carbocycles. The molecule has 1 aromatic heterocycles. The summed E-state index contributed by atoms with van der Waals surface area (Å²) in [6, 6.07) is 14.9. The normalized spacial score (nSPS) is 16.2. The molecule has 1 aliphatic rings. The highest BCUT2D eigenvalue weighted by atomic mass is 35.5. The zero-order valence-corrected chi connectivity index (χ0v) is 17.7. The van der Waals surface area contributed by atoms with Crippen molar-refractivity contribution in [3.8, 4) is 0 Å². The van der Waals surface area contributed by atoms with Gasteiger partial charge in [-0.1, -0.05) is 41.9 Å². The first-order chi connectivity index (χ1) is 14.4. The van der Waals surface area contributed by atoms with Gasteiger partial charge in [-0.2, -0.15) is 0 Å². The van der Waals surface area contributed by atoms with Crippen LogP contribution in [0.5, 0.6) is 0 Å². The summed E-state index contributed by atoms with van der Waals surface area (Å²) in [4.78, 5) is 34.0. The number of aromatic nitrogens is 2. The molecule has 1 atom stereocenters. The summed E-state index contributed by atoms with van der Waals surface area (Å²) in [5, 5.41) is 3.77. The summed E-state index contributed by atoms with van der Waals surface area (Å²) in [7, 11) is 0. The van der Waals surface area contributed by atoms with Crippen LogP contribution in [0.15, 0.2) is 53.3 Å². The number of hydrogen-bond donors (Lipinski definition) is 2. The highest BCUT2D eigenvalue weighted by molar-refractivity contribution is 6.31. The first-order valence-electron chi connectivity index (χ1n) is 9.87. The molecular weight excluding hydrogens is 400 g/mol. The highest BCUT2D eigenvalue weighted by Gasteiger charge is 2.33. The highest BCUT2D eigenvalue weighted by Crippen LogP contribution is 2.33. The molecule has 1 amide bonds. The van der Waals surface area contributed by atoms with Crippen molar-refractivity contribution < 1.29 is 4.79 Å². The Labute approximate surface area is 179 Å². The maximum absolute atomic E-state index is 12.7. The summed E-state index contributed by atoms with van der Waals surface area (Å²) in [6.07, 6.45) is 0.327. The van der Waals surface area contributed by atoms with Crippen LogP contribution < -0.4 is 15.8 Å². The van der Waals surface area contributed by atoms with Gasteiger partial charge in [0.1, 0.15) is 0 Å². The van der Waals surface area contributed by atoms with Crippen LogP contribution in [0.25, 0.3) is 0 Å². The van der Waals surface area contributed by atoms with E-state index in [0.717, 1.165) is 22.4 Å². The average Bonchev–Trinajstić information content (AvgIpc) is 3.11. The molecule has 1 fully saturated rings. The number of hydrogen-bond acceptors (Lipinski definition) is 4. The van der Waals surface area contributed by atoms with Crippen molar-refractivity contribution in [2.24, 2.45) is 0 Å². The van der Waals surface area contributed by atoms with E-state index in [-0.39, 0.29) is 17.4 Å². The minimum Gasteiger partial charge on any atom is -0.352 e. The molecule has 1 aliphatic heterocycles. The predicted molar refractivity (Wildman–Crippen MR) is 119 cm³/mol. The van der Waals surface area contributed by atoms with Crippen molar-refractivity contribution in [2.45, 2.75) is 32.7 Å². The third-order valence-corrected chi connectivity index (χ3v) is 5.94. The Kier molecular flexibility index (Phi) is 5.59. The third-order valence-electron chi connectivity index (χ3n) is 5.58. The molecule has 0 unspecified atom stereocenters. The largest absolute Gasteiger partial charge is 0.352 e. The van der Waals surface area contributed by atoms with Crippen molar-refractivity contribution in [3.05, 3.63) is 86.3 Å². The Morgan fingerprint density at radius 1 is 1.17 bits per heavy atom. The number of rotatable bonds is 5. The summed E-state index contributed by atoms with van der Waals surface area (Å²) in [5.74, 6) is 0.275. The molecule has 0 bridgehead atoms. The number of H-pyrrole nitrogens is 1. The molecule has 30 heavy (non-hydrogen) atoms. The molecule has 0 radical (unpaired) electrons. The van der Waals surface area contributed by atoms with Crippen molar-refractivity contribution in [1.82, 2.24) is 9.97 Å². The van der Waals surface area contributed by atoms with Crippen LogP contribution in [0.4, 0.5) is 11.6 Å². The lowest BCUT2D eigenvalue weighted by atomic mass is 10.0. The van der Waals surface area contributed by atoms with Crippen LogP contribution in [-0.2, 0) is 11.3 Å². The quantitative estimate of drug-likeness (QED) is 0.646. The Balaban J connectivity index is 1.54. The molecule has 2 aromatic carbocycles. The minimum absolute atomic E-state index is 0.0429. The second-order valence-electron chi connectivity index (χ2n) is 7.59. The van der Waals surface area contributed by atoms with Gasteiger partial charge in [0.05, 0.1) is 5.69 Å². The van der Waals surface area contributed by atoms with Crippen LogP contribution in [0.3, 0.4) is 0 Å². The van der Waals surface area contributed by atoms with Crippen LogP contribution in [0.2, 0.25) is 5.02 Å². The summed E-state index contributed by atoms with van der Waals surface area (Å²) in [5.41, 5.74) is 4.42. The maximum Gasteiger partial charge on any atom is 0.252 e. The topological polar surface area (TPSA) is 78.1 Å². The summed E-state index contributed by atoms with van der Waals surface area (Å²) < 4.78 is 0. The van der Waals surface area contributed by atoms with Crippen LogP contribution in [-0.4, -0.2) is 22.4 Å². The Hall–Kier alpha value is -3.12. The van der Waals surface area contributed by atoms with E-state index >= 15 is 0 Å². The van der Waals surface area contributed by atoms with Gasteiger partial charge in [-0.15, -0.1) is 0 Å². The van der Waals surface area contributed by atoms with Crippen LogP contribution in [0.1, 0.15) is 34.7 Å². The second kappa shape index (κ2) is 8.32. The molecular formula is C23H23ClN4O2. The molecule has 154 valence electrons. The number of benzene rings is 2. The van der Waals surface area contributed by atoms with Gasteiger partial charge in [-0.05, 0) is 42.7 Å². The van der Waals surface area contributed by atoms with Crippen molar-refractivity contribution >= 4 is 29.1 Å². The standard InChI is InChI=1S/C23H23ClN4O2/c1-14-6-5-9-20(15(14)2)28-13-17(10-22(28)30)19-11-21(29)27-23(26-19)25-12-16-7-3-4-8-18(16)24/h3-9,11,17H,10,12-13H2,1-2H3,(H2,25,26,27,29)/t17-/m0/s1. The minimum atomic E-state index is -0.251. The fourth-order valence-electron chi connectivity index (χ4n) is 3.76. The molecule has 1 saturated heterocycles. The van der Waals surface area contributed by atoms with Crippen LogP contribution >= 0.6 is 11.6 Å². The summed E-state index contributed by atoms with van der Waals surface area (Å²) >= 11 is 6.20. The molecule has 6 nitrogen and oxygen atoms in total. The monoisotopic (exact) mass is 422 g/mol. The lowest BCUT2D eigenvalue weighted by molar-refractivity contribution is -0.117. The van der Waals surface area contributed by atoms with E-state index in [2.05, 4.69) is 15.3 Å². The number of aromatic amines is 1. The zero-order chi connectivity index (χ0) is 21.3. The second-order valence-corrected chi connectivity index (χ2v) is 8.00. The zero-order valence-electron chi connectivity index (χ0n) is 16.9. The third kappa shape index (κ3) is 4.09. The van der Waals surface area contributed by atoms with E-state index in [4.69, 9.17) is 11.6 Å². The van der Waals surface area contributed by atoms with Crippen LogP contribution in [0, 0.1) is 13.8 Å². The fraction of sp³-hybridized carbons (Fsp3) is 0.261. The number of amides is 1. The van der Waals surface area contributed by atoms with Gasteiger partial charge < -0.3 is 10.2 Å². The lowest BCUT2D eigenvalue weighted by Crippen LogP contribution is -2.25. The van der Waals surface area contributed by atoms with Crippen molar-refractivity contribution in [3.63, 3.8) is 0 Å². The smallest absolute Gasteiger partial charge is 0.252 e. The number of anilines is 2. The summed E-state index contributed by atoms with van der Waals surface area (Å²) in [6.45, 7) is 4.99. The lowest BCUT2D eigenvalue weighted by Gasteiger charge is -2.20. The van der Waals surface area contributed by atoms with Gasteiger partial charge in [0, 0.05) is 42.2 Å². The van der Waals surface area contributed by atoms with Gasteiger partial charge in [0.25, 0.3) is 5.56 Å². The molecule has 4 rings (SSSR count). The van der Waals surface area contributed by atoms with Crippen molar-refractivity contribution in [2.75, 3.05) is 16.8 Å². The maximum atomic E-state index is 12.7. The number of nitrogens with zero attached hydrogens (tertiary/aromatic N) is 2. The van der Waals surface area contributed by atoms with E-state index < -0.39 is 0 Å². The number of carbonyl (C=O) groups is 1. The molecule has 0 spiro atoms. The number of nitrogens with one attached hydrogen (secondary N) is 2. The molecule has 0 saturated carbocycles. The van der Waals surface area contributed by atoms with Gasteiger partial charge in [0.2, 0.25) is 11.9 Å². The molecule has 2 heterocycles. The van der Waals surface area contributed by atoms with E-state index in [9.17, 15) is 9.59 Å². The van der Waals surface area contributed by atoms with Gasteiger partial charge >= 0.3 is 0 Å². The Morgan fingerprint density at radius 2 is 1.97 bits per heavy atom. The van der Waals surface area contributed by atoms with Crippen molar-refractivity contribution in [1.29, 1.82) is 0 Å².